The zero-order chi connectivity index (χ0) is 18.8. The van der Waals surface area contributed by atoms with E-state index in [-0.39, 0.29) is 22.8 Å². The Morgan fingerprint density at radius 2 is 1.92 bits per heavy atom. The summed E-state index contributed by atoms with van der Waals surface area (Å²) in [6.45, 7) is 1.58. The van der Waals surface area contributed by atoms with E-state index >= 15 is 0 Å². The van der Waals surface area contributed by atoms with Crippen LogP contribution in [0.3, 0.4) is 0 Å². The molecule has 0 aliphatic heterocycles. The minimum atomic E-state index is -1.12. The number of nitrogens with zero attached hydrogens (tertiary/aromatic N) is 2. The fourth-order valence-electron chi connectivity index (χ4n) is 2.36. The largest absolute Gasteiger partial charge is 0.514 e. The minimum Gasteiger partial charge on any atom is -0.434 e. The van der Waals surface area contributed by atoms with Gasteiger partial charge in [0.15, 0.2) is 11.4 Å². The van der Waals surface area contributed by atoms with Crippen molar-refractivity contribution in [2.75, 3.05) is 6.61 Å². The van der Waals surface area contributed by atoms with Crippen molar-refractivity contribution in [2.45, 2.75) is 6.92 Å². The summed E-state index contributed by atoms with van der Waals surface area (Å²) in [6.07, 6.45) is -0.154. The van der Waals surface area contributed by atoms with Gasteiger partial charge in [-0.1, -0.05) is 17.7 Å². The number of halogens is 3. The molecule has 0 amide bonds. The lowest BCUT2D eigenvalue weighted by molar-refractivity contribution is 0.104. The molecular weight excluding hydrogens is 370 g/mol. The van der Waals surface area contributed by atoms with Gasteiger partial charge in [-0.3, -0.25) is 9.36 Å². The molecule has 0 fully saturated rings. The molecular formula is C17H11ClF2N2O4. The van der Waals surface area contributed by atoms with Crippen LogP contribution >= 0.6 is 11.6 Å². The second-order valence-electron chi connectivity index (χ2n) is 5.05. The maximum atomic E-state index is 14.2. The highest BCUT2D eigenvalue weighted by atomic mass is 35.5. The van der Waals surface area contributed by atoms with Crippen LogP contribution in [0.5, 0.6) is 5.75 Å². The average molecular weight is 381 g/mol. The van der Waals surface area contributed by atoms with Gasteiger partial charge >= 0.3 is 6.16 Å². The first-order valence-electron chi connectivity index (χ1n) is 7.43. The third-order valence-electron chi connectivity index (χ3n) is 3.42. The summed E-state index contributed by atoms with van der Waals surface area (Å²) in [4.78, 5) is 28.1. The molecule has 134 valence electrons. The SMILES string of the molecule is CCOC(=O)Oc1cn(-c2c(F)cccc2F)c2nc(Cl)ccc2c1=O. The van der Waals surface area contributed by atoms with Crippen molar-refractivity contribution in [3.8, 4) is 11.4 Å². The van der Waals surface area contributed by atoms with E-state index in [4.69, 9.17) is 16.3 Å². The van der Waals surface area contributed by atoms with Gasteiger partial charge in [0, 0.05) is 0 Å². The van der Waals surface area contributed by atoms with Gasteiger partial charge in [-0.15, -0.1) is 0 Å². The third-order valence-corrected chi connectivity index (χ3v) is 3.63. The van der Waals surface area contributed by atoms with E-state index in [1.54, 1.807) is 6.92 Å². The lowest BCUT2D eigenvalue weighted by Gasteiger charge is -2.14. The summed E-state index contributed by atoms with van der Waals surface area (Å²) in [6, 6.07) is 5.93. The first-order chi connectivity index (χ1) is 12.4. The molecule has 0 radical (unpaired) electrons. The molecule has 0 unspecified atom stereocenters. The van der Waals surface area contributed by atoms with E-state index in [0.29, 0.717) is 0 Å². The van der Waals surface area contributed by atoms with Crippen molar-refractivity contribution in [1.29, 1.82) is 0 Å². The summed E-state index contributed by atoms with van der Waals surface area (Å²) in [5, 5.41) is -0.0275. The number of carbonyl (C=O) groups excluding carboxylic acids is 1. The molecule has 0 atom stereocenters. The second kappa shape index (κ2) is 7.09. The number of aromatic nitrogens is 2. The van der Waals surface area contributed by atoms with E-state index in [1.165, 1.54) is 18.2 Å². The Balaban J connectivity index is 2.33. The number of hydrogen-bond acceptors (Lipinski definition) is 5. The lowest BCUT2D eigenvalue weighted by Crippen LogP contribution is -2.19. The Bertz CT molecular complexity index is 1050. The summed E-state index contributed by atoms with van der Waals surface area (Å²) < 4.78 is 39.0. The quantitative estimate of drug-likeness (QED) is 0.510. The Morgan fingerprint density at radius 1 is 1.23 bits per heavy atom. The molecule has 0 aliphatic rings. The Morgan fingerprint density at radius 3 is 2.58 bits per heavy atom. The van der Waals surface area contributed by atoms with Gasteiger partial charge in [0.25, 0.3) is 0 Å². The normalized spacial score (nSPS) is 10.8. The molecule has 2 aromatic heterocycles. The van der Waals surface area contributed by atoms with E-state index < -0.39 is 34.7 Å². The zero-order valence-corrected chi connectivity index (χ0v) is 14.1. The van der Waals surface area contributed by atoms with Crippen molar-refractivity contribution in [2.24, 2.45) is 0 Å². The molecule has 1 aromatic carbocycles. The minimum absolute atomic E-state index is 0.0152. The smallest absolute Gasteiger partial charge is 0.434 e. The number of benzene rings is 1. The molecule has 2 heterocycles. The number of rotatable bonds is 3. The van der Waals surface area contributed by atoms with Gasteiger partial charge in [0.05, 0.1) is 18.2 Å². The molecule has 26 heavy (non-hydrogen) atoms. The Kier molecular flexibility index (Phi) is 4.85. The number of pyridine rings is 2. The molecule has 0 N–H and O–H groups in total. The monoisotopic (exact) mass is 380 g/mol. The van der Waals surface area contributed by atoms with Gasteiger partial charge < -0.3 is 9.47 Å². The summed E-state index contributed by atoms with van der Waals surface area (Å²) >= 11 is 5.86. The average Bonchev–Trinajstić information content (AvgIpc) is 2.58. The fourth-order valence-corrected chi connectivity index (χ4v) is 2.50. The zero-order valence-electron chi connectivity index (χ0n) is 13.3. The van der Waals surface area contributed by atoms with Gasteiger partial charge in [-0.2, -0.15) is 0 Å². The maximum Gasteiger partial charge on any atom is 0.514 e. The molecule has 0 saturated heterocycles. The highest BCUT2D eigenvalue weighted by Crippen LogP contribution is 2.24. The van der Waals surface area contributed by atoms with Gasteiger partial charge in [-0.05, 0) is 31.2 Å². The second-order valence-corrected chi connectivity index (χ2v) is 5.44. The molecule has 3 rings (SSSR count). The topological polar surface area (TPSA) is 70.4 Å². The van der Waals surface area contributed by atoms with Crippen LogP contribution in [0.2, 0.25) is 5.15 Å². The standard InChI is InChI=1S/C17H11ClF2N2O4/c1-2-25-17(24)26-12-8-22(14-10(19)4-3-5-11(14)20)16-9(15(12)23)6-7-13(18)21-16/h3-8H,2H2,1H3. The molecule has 0 spiro atoms. The van der Waals surface area contributed by atoms with Crippen LogP contribution in [0, 0.1) is 11.6 Å². The van der Waals surface area contributed by atoms with E-state index in [0.717, 1.165) is 22.9 Å². The first-order valence-corrected chi connectivity index (χ1v) is 7.81. The summed E-state index contributed by atoms with van der Waals surface area (Å²) in [5.41, 5.74) is -1.30. The predicted molar refractivity (Wildman–Crippen MR) is 89.9 cm³/mol. The van der Waals surface area contributed by atoms with Crippen molar-refractivity contribution < 1.29 is 23.0 Å². The van der Waals surface area contributed by atoms with E-state index in [2.05, 4.69) is 9.72 Å². The number of fused-ring (bicyclic) bond motifs is 1. The molecule has 9 heteroatoms. The maximum absolute atomic E-state index is 14.2. The van der Waals surface area contributed by atoms with Crippen molar-refractivity contribution in [3.05, 3.63) is 63.5 Å². The van der Waals surface area contributed by atoms with Gasteiger partial charge in [0.1, 0.15) is 22.5 Å². The fraction of sp³-hybridized carbons (Fsp3) is 0.118. The van der Waals surface area contributed by atoms with Gasteiger partial charge in [-0.25, -0.2) is 18.6 Å². The van der Waals surface area contributed by atoms with Crippen LogP contribution < -0.4 is 10.2 Å². The predicted octanol–water partition coefficient (Wildman–Crippen LogP) is 3.85. The number of ether oxygens (including phenoxy) is 2. The molecule has 3 aromatic rings. The highest BCUT2D eigenvalue weighted by Gasteiger charge is 2.19. The van der Waals surface area contributed by atoms with Crippen molar-refractivity contribution >= 4 is 28.8 Å². The van der Waals surface area contributed by atoms with Crippen LogP contribution in [0.15, 0.2) is 41.3 Å². The highest BCUT2D eigenvalue weighted by molar-refractivity contribution is 6.29. The Hall–Kier alpha value is -3.00. The van der Waals surface area contributed by atoms with E-state index in [9.17, 15) is 18.4 Å². The van der Waals surface area contributed by atoms with Crippen molar-refractivity contribution in [3.63, 3.8) is 0 Å². The molecule has 0 aliphatic carbocycles. The van der Waals surface area contributed by atoms with E-state index in [1.807, 2.05) is 0 Å². The number of carbonyl (C=O) groups is 1. The summed E-state index contributed by atoms with van der Waals surface area (Å²) in [5.74, 6) is -2.28. The van der Waals surface area contributed by atoms with Crippen LogP contribution in [0.1, 0.15) is 6.92 Å². The van der Waals surface area contributed by atoms with Gasteiger partial charge in [0.2, 0.25) is 5.43 Å². The number of hydrogen-bond donors (Lipinski definition) is 0. The summed E-state index contributed by atoms with van der Waals surface area (Å²) in [7, 11) is 0. The third kappa shape index (κ3) is 3.23. The van der Waals surface area contributed by atoms with Crippen LogP contribution in [-0.2, 0) is 4.74 Å². The first kappa shape index (κ1) is 17.8. The molecule has 6 nitrogen and oxygen atoms in total. The van der Waals surface area contributed by atoms with Crippen LogP contribution in [0.4, 0.5) is 13.6 Å². The lowest BCUT2D eigenvalue weighted by atomic mass is 10.2. The van der Waals surface area contributed by atoms with Crippen LogP contribution in [0.25, 0.3) is 16.7 Å². The molecule has 0 saturated carbocycles. The Labute approximate surface area is 150 Å². The van der Waals surface area contributed by atoms with Crippen molar-refractivity contribution in [1.82, 2.24) is 9.55 Å². The van der Waals surface area contributed by atoms with Crippen LogP contribution in [-0.4, -0.2) is 22.3 Å². The molecule has 0 bridgehead atoms. The number of para-hydroxylation sites is 1.